The molecule has 0 aliphatic carbocycles. The maximum absolute atomic E-state index is 12.7. The zero-order valence-corrected chi connectivity index (χ0v) is 35.6. The van der Waals surface area contributed by atoms with Crippen LogP contribution in [0, 0.1) is 0 Å². The van der Waals surface area contributed by atoms with E-state index < -0.39 is 43.4 Å². The molecule has 1 saturated heterocycles. The average Bonchev–Trinajstić information content (AvgIpc) is 3.20. The summed E-state index contributed by atoms with van der Waals surface area (Å²) in [7, 11) is 0. The highest BCUT2D eigenvalue weighted by molar-refractivity contribution is 5.69. The molecule has 326 valence electrons. The highest BCUT2D eigenvalue weighted by Gasteiger charge is 2.44. The highest BCUT2D eigenvalue weighted by Crippen LogP contribution is 2.22. The Bertz CT molecular complexity index is 994. The summed E-state index contributed by atoms with van der Waals surface area (Å²) < 4.78 is 22.8. The number of hydrogen-bond acceptors (Lipinski definition) is 9. The second-order valence-corrected chi connectivity index (χ2v) is 15.5. The number of carbonyl (C=O) groups excluding carboxylic acids is 1. The molecule has 0 bridgehead atoms. The van der Waals surface area contributed by atoms with Crippen molar-refractivity contribution in [3.8, 4) is 0 Å². The Kier molecular flexibility index (Phi) is 36.0. The van der Waals surface area contributed by atoms with E-state index in [4.69, 9.17) is 18.9 Å². The lowest BCUT2D eigenvalue weighted by atomic mass is 9.99. The Balaban J connectivity index is 2.22. The second-order valence-electron chi connectivity index (χ2n) is 15.5. The van der Waals surface area contributed by atoms with E-state index in [9.17, 15) is 25.2 Å². The van der Waals surface area contributed by atoms with Gasteiger partial charge in [-0.3, -0.25) is 4.79 Å². The van der Waals surface area contributed by atoms with Crippen molar-refractivity contribution in [2.45, 2.75) is 218 Å². The Labute approximate surface area is 342 Å². The molecule has 6 atom stereocenters. The van der Waals surface area contributed by atoms with Gasteiger partial charge in [-0.1, -0.05) is 172 Å². The predicted octanol–water partition coefficient (Wildman–Crippen LogP) is 10.1. The van der Waals surface area contributed by atoms with E-state index in [1.807, 2.05) is 0 Å². The SMILES string of the molecule is CC/C=C\C/C=C\C/C=C\C/C=C\CCCCCCCCCCCOCC(COC1OC(CO)C(O)C(O)C1O)OC(=O)CCCCCCCCCCCCC. The molecule has 1 aliphatic rings. The lowest BCUT2D eigenvalue weighted by Crippen LogP contribution is -2.59. The minimum atomic E-state index is -1.54. The van der Waals surface area contributed by atoms with Crippen molar-refractivity contribution in [3.05, 3.63) is 48.6 Å². The Morgan fingerprint density at radius 2 is 1.09 bits per heavy atom. The Morgan fingerprint density at radius 1 is 0.589 bits per heavy atom. The van der Waals surface area contributed by atoms with E-state index in [1.165, 1.54) is 96.3 Å². The molecule has 9 nitrogen and oxygen atoms in total. The van der Waals surface area contributed by atoms with E-state index >= 15 is 0 Å². The van der Waals surface area contributed by atoms with Crippen LogP contribution in [0.2, 0.25) is 0 Å². The van der Waals surface area contributed by atoms with Gasteiger partial charge in [-0.05, 0) is 51.4 Å². The van der Waals surface area contributed by atoms with Crippen LogP contribution in [0.1, 0.15) is 181 Å². The maximum Gasteiger partial charge on any atom is 0.306 e. The lowest BCUT2D eigenvalue weighted by molar-refractivity contribution is -0.305. The average molecular weight is 793 g/mol. The molecule has 0 aromatic heterocycles. The molecular formula is C47H84O9. The molecule has 1 aliphatic heterocycles. The summed E-state index contributed by atoms with van der Waals surface area (Å²) in [6.07, 6.45) is 40.0. The third-order valence-electron chi connectivity index (χ3n) is 10.3. The molecule has 56 heavy (non-hydrogen) atoms. The molecule has 1 heterocycles. The number of allylic oxidation sites excluding steroid dienone is 8. The van der Waals surface area contributed by atoms with E-state index in [0.29, 0.717) is 13.0 Å². The summed E-state index contributed by atoms with van der Waals surface area (Å²) >= 11 is 0. The van der Waals surface area contributed by atoms with Crippen LogP contribution in [0.4, 0.5) is 0 Å². The van der Waals surface area contributed by atoms with Crippen molar-refractivity contribution in [1.82, 2.24) is 0 Å². The quantitative estimate of drug-likeness (QED) is 0.0274. The first-order chi connectivity index (χ1) is 27.4. The minimum Gasteiger partial charge on any atom is -0.457 e. The molecule has 1 fully saturated rings. The lowest BCUT2D eigenvalue weighted by Gasteiger charge is -2.39. The molecule has 0 aromatic carbocycles. The van der Waals surface area contributed by atoms with Gasteiger partial charge in [0.1, 0.15) is 30.5 Å². The smallest absolute Gasteiger partial charge is 0.306 e. The molecule has 0 spiro atoms. The van der Waals surface area contributed by atoms with Crippen LogP contribution < -0.4 is 0 Å². The zero-order chi connectivity index (χ0) is 40.7. The summed E-state index contributed by atoms with van der Waals surface area (Å²) in [4.78, 5) is 12.7. The van der Waals surface area contributed by atoms with Crippen molar-refractivity contribution in [2.75, 3.05) is 26.4 Å². The van der Waals surface area contributed by atoms with Crippen LogP contribution in [-0.2, 0) is 23.7 Å². The number of hydrogen-bond donors (Lipinski definition) is 4. The Hall–Kier alpha value is -1.85. The van der Waals surface area contributed by atoms with Crippen LogP contribution in [0.3, 0.4) is 0 Å². The summed E-state index contributed by atoms with van der Waals surface area (Å²) in [5.74, 6) is -0.318. The number of aliphatic hydroxyl groups is 4. The standard InChI is InChI=1S/C47H84O9/c1-3-5-7-9-11-13-15-16-17-18-19-20-21-22-23-24-25-27-29-31-33-35-37-53-39-41(40-54-47-46(52)45(51)44(50)42(38-48)56-47)55-43(49)36-34-32-30-28-26-14-12-10-8-6-4-2/h5,7,11,13,16-17,19-20,41-42,44-48,50-52H,3-4,6,8-10,12,14-15,18,21-40H2,1-2H3/b7-5-,13-11-,17-16-,20-19-. The molecular weight excluding hydrogens is 709 g/mol. The van der Waals surface area contributed by atoms with Crippen molar-refractivity contribution >= 4 is 5.97 Å². The zero-order valence-electron chi connectivity index (χ0n) is 35.6. The van der Waals surface area contributed by atoms with Gasteiger partial charge in [0.25, 0.3) is 0 Å². The number of esters is 1. The normalized spacial score (nSPS) is 21.0. The van der Waals surface area contributed by atoms with Crippen LogP contribution in [0.25, 0.3) is 0 Å². The van der Waals surface area contributed by atoms with Gasteiger partial charge < -0.3 is 39.4 Å². The molecule has 9 heteroatoms. The fourth-order valence-electron chi connectivity index (χ4n) is 6.72. The first-order valence-electron chi connectivity index (χ1n) is 22.7. The summed E-state index contributed by atoms with van der Waals surface area (Å²) in [6.45, 7) is 4.43. The summed E-state index contributed by atoms with van der Waals surface area (Å²) in [6, 6.07) is 0. The molecule has 0 radical (unpaired) electrons. The maximum atomic E-state index is 12.7. The molecule has 0 aromatic rings. The number of aliphatic hydroxyl groups excluding tert-OH is 4. The van der Waals surface area contributed by atoms with Gasteiger partial charge in [0.2, 0.25) is 0 Å². The summed E-state index contributed by atoms with van der Waals surface area (Å²) in [5.41, 5.74) is 0. The molecule has 4 N–H and O–H groups in total. The Morgan fingerprint density at radius 3 is 1.64 bits per heavy atom. The van der Waals surface area contributed by atoms with Gasteiger partial charge in [0.15, 0.2) is 6.29 Å². The first-order valence-corrected chi connectivity index (χ1v) is 22.7. The fourth-order valence-corrected chi connectivity index (χ4v) is 6.72. The highest BCUT2D eigenvalue weighted by atomic mass is 16.7. The van der Waals surface area contributed by atoms with Gasteiger partial charge in [0.05, 0.1) is 19.8 Å². The fraction of sp³-hybridized carbons (Fsp3) is 0.809. The van der Waals surface area contributed by atoms with Crippen molar-refractivity contribution in [2.24, 2.45) is 0 Å². The van der Waals surface area contributed by atoms with Crippen LogP contribution in [0.15, 0.2) is 48.6 Å². The van der Waals surface area contributed by atoms with Crippen molar-refractivity contribution in [3.63, 3.8) is 0 Å². The third-order valence-corrected chi connectivity index (χ3v) is 10.3. The third kappa shape index (κ3) is 29.4. The second kappa shape index (κ2) is 38.7. The van der Waals surface area contributed by atoms with E-state index in [1.54, 1.807) is 0 Å². The van der Waals surface area contributed by atoms with Gasteiger partial charge >= 0.3 is 5.97 Å². The molecule has 1 rings (SSSR count). The first kappa shape index (κ1) is 52.2. The monoisotopic (exact) mass is 793 g/mol. The minimum absolute atomic E-state index is 0.115. The predicted molar refractivity (Wildman–Crippen MR) is 228 cm³/mol. The van der Waals surface area contributed by atoms with E-state index in [-0.39, 0.29) is 19.2 Å². The van der Waals surface area contributed by atoms with Gasteiger partial charge in [-0.2, -0.15) is 0 Å². The topological polar surface area (TPSA) is 135 Å². The number of carbonyl (C=O) groups is 1. The summed E-state index contributed by atoms with van der Waals surface area (Å²) in [5, 5.41) is 40.1. The number of rotatable bonds is 38. The van der Waals surface area contributed by atoms with E-state index in [0.717, 1.165) is 64.2 Å². The van der Waals surface area contributed by atoms with Crippen molar-refractivity contribution in [1.29, 1.82) is 0 Å². The molecule has 0 saturated carbocycles. The van der Waals surface area contributed by atoms with Crippen LogP contribution in [-0.4, -0.2) is 89.6 Å². The van der Waals surface area contributed by atoms with Gasteiger partial charge in [-0.15, -0.1) is 0 Å². The van der Waals surface area contributed by atoms with Crippen LogP contribution in [0.5, 0.6) is 0 Å². The van der Waals surface area contributed by atoms with E-state index in [2.05, 4.69) is 62.5 Å². The van der Waals surface area contributed by atoms with Crippen molar-refractivity contribution < 1.29 is 44.2 Å². The van der Waals surface area contributed by atoms with Gasteiger partial charge in [-0.25, -0.2) is 0 Å². The molecule has 0 amide bonds. The van der Waals surface area contributed by atoms with Crippen LogP contribution >= 0.6 is 0 Å². The number of ether oxygens (including phenoxy) is 4. The largest absolute Gasteiger partial charge is 0.457 e. The number of unbranched alkanes of at least 4 members (excludes halogenated alkanes) is 19. The molecule has 6 unspecified atom stereocenters. The van der Waals surface area contributed by atoms with Gasteiger partial charge in [0, 0.05) is 13.0 Å².